The number of benzene rings is 1. The van der Waals surface area contributed by atoms with Crippen LogP contribution < -0.4 is 0 Å². The minimum atomic E-state index is -0.334. The Labute approximate surface area is 124 Å². The van der Waals surface area contributed by atoms with Gasteiger partial charge in [0.25, 0.3) is 0 Å². The Kier molecular flexibility index (Phi) is 5.44. The number of Topliss-reactive ketones (excluding diaryl/α,β-unsaturated/α-hetero) is 1. The first-order valence-corrected chi connectivity index (χ1v) is 7.31. The summed E-state index contributed by atoms with van der Waals surface area (Å²) in [6, 6.07) is 5.64. The van der Waals surface area contributed by atoms with Gasteiger partial charge < -0.3 is 4.90 Å². The van der Waals surface area contributed by atoms with Gasteiger partial charge in [-0.2, -0.15) is 0 Å². The van der Waals surface area contributed by atoms with Crippen molar-refractivity contribution in [3.63, 3.8) is 0 Å². The molecular weight excluding hydrogens is 271 g/mol. The van der Waals surface area contributed by atoms with E-state index < -0.39 is 0 Å². The van der Waals surface area contributed by atoms with Gasteiger partial charge >= 0.3 is 0 Å². The third-order valence-corrected chi connectivity index (χ3v) is 3.80. The Bertz CT molecular complexity index is 502. The van der Waals surface area contributed by atoms with Crippen molar-refractivity contribution in [2.45, 2.75) is 19.3 Å². The molecule has 1 aromatic rings. The molecule has 1 saturated heterocycles. The maximum atomic E-state index is 12.8. The summed E-state index contributed by atoms with van der Waals surface area (Å²) >= 11 is 0. The van der Waals surface area contributed by atoms with Crippen LogP contribution in [0.2, 0.25) is 0 Å². The Morgan fingerprint density at radius 1 is 1.24 bits per heavy atom. The van der Waals surface area contributed by atoms with Gasteiger partial charge in [-0.05, 0) is 43.7 Å². The second-order valence-electron chi connectivity index (χ2n) is 5.48. The standard InChI is InChI=1S/C16H21FN2O2/c1-18-9-3-11-19(12-16(18)21)10-2-4-15(20)13-5-7-14(17)8-6-13/h5-8H,2-4,9-12H2,1H3. The molecule has 114 valence electrons. The van der Waals surface area contributed by atoms with E-state index in [9.17, 15) is 14.0 Å². The number of nitrogens with zero attached hydrogens (tertiary/aromatic N) is 2. The average molecular weight is 292 g/mol. The van der Waals surface area contributed by atoms with Crippen LogP contribution in [-0.4, -0.2) is 54.7 Å². The van der Waals surface area contributed by atoms with E-state index in [0.717, 1.165) is 26.1 Å². The third-order valence-electron chi connectivity index (χ3n) is 3.80. The number of carbonyl (C=O) groups is 2. The number of hydrogen-bond donors (Lipinski definition) is 0. The SMILES string of the molecule is CN1CCCN(CCCC(=O)c2ccc(F)cc2)CC1=O. The van der Waals surface area contributed by atoms with E-state index in [1.807, 2.05) is 7.05 Å². The first-order valence-electron chi connectivity index (χ1n) is 7.31. The molecule has 4 nitrogen and oxygen atoms in total. The van der Waals surface area contributed by atoms with Crippen molar-refractivity contribution >= 4 is 11.7 Å². The van der Waals surface area contributed by atoms with Crippen molar-refractivity contribution in [1.29, 1.82) is 0 Å². The molecule has 2 rings (SSSR count). The summed E-state index contributed by atoms with van der Waals surface area (Å²) in [6.45, 7) is 2.86. The predicted molar refractivity (Wildman–Crippen MR) is 78.7 cm³/mol. The first kappa shape index (κ1) is 15.6. The van der Waals surface area contributed by atoms with E-state index in [1.165, 1.54) is 24.3 Å². The fourth-order valence-corrected chi connectivity index (χ4v) is 2.48. The lowest BCUT2D eigenvalue weighted by molar-refractivity contribution is -0.129. The summed E-state index contributed by atoms with van der Waals surface area (Å²) in [5, 5.41) is 0. The van der Waals surface area contributed by atoms with Gasteiger partial charge in [-0.1, -0.05) is 0 Å². The maximum absolute atomic E-state index is 12.8. The largest absolute Gasteiger partial charge is 0.345 e. The van der Waals surface area contributed by atoms with Crippen LogP contribution in [0.1, 0.15) is 29.6 Å². The van der Waals surface area contributed by atoms with Crippen LogP contribution in [0.15, 0.2) is 24.3 Å². The number of hydrogen-bond acceptors (Lipinski definition) is 3. The molecule has 21 heavy (non-hydrogen) atoms. The molecule has 0 unspecified atom stereocenters. The molecule has 0 N–H and O–H groups in total. The van der Waals surface area contributed by atoms with Crippen LogP contribution in [0, 0.1) is 5.82 Å². The van der Waals surface area contributed by atoms with E-state index in [1.54, 1.807) is 4.90 Å². The molecule has 0 aromatic heterocycles. The quantitative estimate of drug-likeness (QED) is 0.779. The second kappa shape index (κ2) is 7.31. The van der Waals surface area contributed by atoms with E-state index in [0.29, 0.717) is 24.9 Å². The lowest BCUT2D eigenvalue weighted by Crippen LogP contribution is -2.34. The predicted octanol–water partition coefficient (Wildman–Crippen LogP) is 1.95. The molecule has 1 aliphatic rings. The van der Waals surface area contributed by atoms with Crippen molar-refractivity contribution in [2.24, 2.45) is 0 Å². The van der Waals surface area contributed by atoms with Gasteiger partial charge in [0.05, 0.1) is 6.54 Å². The first-order chi connectivity index (χ1) is 10.1. The Balaban J connectivity index is 1.77. The third kappa shape index (κ3) is 4.63. The maximum Gasteiger partial charge on any atom is 0.236 e. The molecule has 1 aliphatic heterocycles. The Morgan fingerprint density at radius 2 is 1.95 bits per heavy atom. The van der Waals surface area contributed by atoms with Gasteiger partial charge in [-0.15, -0.1) is 0 Å². The van der Waals surface area contributed by atoms with Gasteiger partial charge in [-0.25, -0.2) is 4.39 Å². The number of carbonyl (C=O) groups excluding carboxylic acids is 2. The van der Waals surface area contributed by atoms with Gasteiger partial charge in [-0.3, -0.25) is 14.5 Å². The second-order valence-corrected chi connectivity index (χ2v) is 5.48. The summed E-state index contributed by atoms with van der Waals surface area (Å²) in [5.74, 6) is -0.177. The molecule has 0 bridgehead atoms. The number of ketones is 1. The fraction of sp³-hybridized carbons (Fsp3) is 0.500. The van der Waals surface area contributed by atoms with Crippen molar-refractivity contribution in [1.82, 2.24) is 9.80 Å². The van der Waals surface area contributed by atoms with Gasteiger partial charge in [0.1, 0.15) is 5.82 Å². The average Bonchev–Trinajstić information content (AvgIpc) is 2.62. The van der Waals surface area contributed by atoms with Gasteiger partial charge in [0.2, 0.25) is 5.91 Å². The van der Waals surface area contributed by atoms with E-state index >= 15 is 0 Å². The van der Waals surface area contributed by atoms with Gasteiger partial charge in [0.15, 0.2) is 5.78 Å². The topological polar surface area (TPSA) is 40.6 Å². The molecular formula is C16H21FN2O2. The normalized spacial score (nSPS) is 16.9. The zero-order chi connectivity index (χ0) is 15.2. The highest BCUT2D eigenvalue weighted by Crippen LogP contribution is 2.09. The molecule has 1 heterocycles. The molecule has 0 aliphatic carbocycles. The van der Waals surface area contributed by atoms with Crippen LogP contribution in [0.25, 0.3) is 0 Å². The minimum Gasteiger partial charge on any atom is -0.345 e. The summed E-state index contributed by atoms with van der Waals surface area (Å²) in [4.78, 5) is 27.6. The summed E-state index contributed by atoms with van der Waals surface area (Å²) in [6.07, 6.45) is 2.10. The molecule has 0 spiro atoms. The van der Waals surface area contributed by atoms with E-state index in [2.05, 4.69) is 4.90 Å². The number of halogens is 1. The van der Waals surface area contributed by atoms with E-state index in [4.69, 9.17) is 0 Å². The molecule has 0 atom stereocenters. The number of rotatable bonds is 5. The highest BCUT2D eigenvalue weighted by molar-refractivity contribution is 5.95. The summed E-state index contributed by atoms with van der Waals surface area (Å²) < 4.78 is 12.8. The zero-order valence-corrected chi connectivity index (χ0v) is 12.3. The minimum absolute atomic E-state index is 0.0215. The summed E-state index contributed by atoms with van der Waals surface area (Å²) in [5.41, 5.74) is 0.545. The molecule has 0 saturated carbocycles. The smallest absolute Gasteiger partial charge is 0.236 e. The Hall–Kier alpha value is -1.75. The highest BCUT2D eigenvalue weighted by Gasteiger charge is 2.18. The lowest BCUT2D eigenvalue weighted by atomic mass is 10.1. The molecule has 1 amide bonds. The highest BCUT2D eigenvalue weighted by atomic mass is 19.1. The van der Waals surface area contributed by atoms with Crippen molar-refractivity contribution in [2.75, 3.05) is 33.2 Å². The lowest BCUT2D eigenvalue weighted by Gasteiger charge is -2.18. The van der Waals surface area contributed by atoms with E-state index in [-0.39, 0.29) is 17.5 Å². The zero-order valence-electron chi connectivity index (χ0n) is 12.3. The van der Waals surface area contributed by atoms with Crippen LogP contribution in [0.3, 0.4) is 0 Å². The van der Waals surface area contributed by atoms with Crippen LogP contribution in [0.4, 0.5) is 4.39 Å². The van der Waals surface area contributed by atoms with Crippen LogP contribution >= 0.6 is 0 Å². The fourth-order valence-electron chi connectivity index (χ4n) is 2.48. The molecule has 5 heteroatoms. The van der Waals surface area contributed by atoms with Gasteiger partial charge in [0, 0.05) is 32.1 Å². The summed E-state index contributed by atoms with van der Waals surface area (Å²) in [7, 11) is 1.82. The van der Waals surface area contributed by atoms with Crippen molar-refractivity contribution < 1.29 is 14.0 Å². The number of likely N-dealkylation sites (N-methyl/N-ethyl adjacent to an activating group) is 1. The van der Waals surface area contributed by atoms with Crippen molar-refractivity contribution in [3.8, 4) is 0 Å². The monoisotopic (exact) mass is 292 g/mol. The van der Waals surface area contributed by atoms with Crippen LogP contribution in [-0.2, 0) is 4.79 Å². The molecule has 0 radical (unpaired) electrons. The van der Waals surface area contributed by atoms with Crippen LogP contribution in [0.5, 0.6) is 0 Å². The van der Waals surface area contributed by atoms with Crippen molar-refractivity contribution in [3.05, 3.63) is 35.6 Å². The number of amides is 1. The Morgan fingerprint density at radius 3 is 2.67 bits per heavy atom. The molecule has 1 fully saturated rings. The molecule has 1 aromatic carbocycles.